The lowest BCUT2D eigenvalue weighted by Crippen LogP contribution is -1.94. The van der Waals surface area contributed by atoms with Crippen LogP contribution in [0.3, 0.4) is 0 Å². The van der Waals surface area contributed by atoms with E-state index in [-0.39, 0.29) is 5.69 Å². The van der Waals surface area contributed by atoms with Gasteiger partial charge in [0.25, 0.3) is 5.69 Å². The molecule has 0 aliphatic heterocycles. The lowest BCUT2D eigenvalue weighted by Gasteiger charge is -2.09. The normalized spacial score (nSPS) is 10.9. The number of fused-ring (bicyclic) bond motifs is 1. The van der Waals surface area contributed by atoms with E-state index in [1.54, 1.807) is 12.1 Å². The number of rotatable bonds is 5. The molecule has 0 aliphatic carbocycles. The van der Waals surface area contributed by atoms with Crippen LogP contribution in [0.25, 0.3) is 22.2 Å². The van der Waals surface area contributed by atoms with Crippen molar-refractivity contribution in [1.82, 2.24) is 9.97 Å². The number of aromatic nitrogens is 2. The summed E-state index contributed by atoms with van der Waals surface area (Å²) in [5, 5.41) is 13.0. The van der Waals surface area contributed by atoms with E-state index >= 15 is 0 Å². The minimum absolute atomic E-state index is 0.0824. The summed E-state index contributed by atoms with van der Waals surface area (Å²) >= 11 is 7.68. The number of nitrogens with zero attached hydrogens (tertiary/aromatic N) is 3. The highest BCUT2D eigenvalue weighted by Crippen LogP contribution is 2.31. The largest absolute Gasteiger partial charge is 0.269 e. The van der Waals surface area contributed by atoms with Crippen molar-refractivity contribution in [2.24, 2.45) is 0 Å². The monoisotopic (exact) mass is 407 g/mol. The summed E-state index contributed by atoms with van der Waals surface area (Å²) in [4.78, 5) is 19.8. The molecular formula is C21H14ClN3O2S. The minimum atomic E-state index is -0.402. The first kappa shape index (κ1) is 18.4. The maximum absolute atomic E-state index is 10.8. The maximum Gasteiger partial charge on any atom is 0.269 e. The van der Waals surface area contributed by atoms with Crippen molar-refractivity contribution in [3.8, 4) is 11.3 Å². The SMILES string of the molecule is O=[N+]([O-])c1ccc(CSc2nc(-c3ccccc3)c3cc(Cl)ccc3n2)cc1. The number of nitro benzene ring substituents is 1. The highest BCUT2D eigenvalue weighted by Gasteiger charge is 2.11. The molecule has 4 aromatic rings. The molecule has 3 aromatic carbocycles. The first-order valence-corrected chi connectivity index (χ1v) is 9.85. The Bertz CT molecular complexity index is 1150. The summed E-state index contributed by atoms with van der Waals surface area (Å²) in [6.45, 7) is 0. The number of hydrogen-bond donors (Lipinski definition) is 0. The van der Waals surface area contributed by atoms with Gasteiger partial charge in [-0.25, -0.2) is 9.97 Å². The molecule has 0 bridgehead atoms. The molecule has 0 spiro atoms. The molecule has 0 saturated carbocycles. The fraction of sp³-hybridized carbons (Fsp3) is 0.0476. The second-order valence-corrected chi connectivity index (χ2v) is 7.47. The Morgan fingerprint density at radius 3 is 2.43 bits per heavy atom. The second kappa shape index (κ2) is 7.96. The molecule has 0 aliphatic rings. The van der Waals surface area contributed by atoms with Gasteiger partial charge in [0, 0.05) is 33.9 Å². The van der Waals surface area contributed by atoms with Crippen LogP contribution in [0.4, 0.5) is 5.69 Å². The molecule has 1 heterocycles. The number of halogens is 1. The van der Waals surface area contributed by atoms with E-state index in [4.69, 9.17) is 16.6 Å². The summed E-state index contributed by atoms with van der Waals surface area (Å²) in [5.41, 5.74) is 3.70. The predicted molar refractivity (Wildman–Crippen MR) is 113 cm³/mol. The van der Waals surface area contributed by atoms with Crippen LogP contribution >= 0.6 is 23.4 Å². The van der Waals surface area contributed by atoms with Crippen molar-refractivity contribution in [3.63, 3.8) is 0 Å². The van der Waals surface area contributed by atoms with Gasteiger partial charge in [-0.15, -0.1) is 0 Å². The molecule has 0 fully saturated rings. The summed E-state index contributed by atoms with van der Waals surface area (Å²) in [6.07, 6.45) is 0. The molecular weight excluding hydrogens is 394 g/mol. The molecule has 138 valence electrons. The summed E-state index contributed by atoms with van der Waals surface area (Å²) in [5.74, 6) is 0.616. The molecule has 0 amide bonds. The third-order valence-electron chi connectivity index (χ3n) is 4.20. The van der Waals surface area contributed by atoms with Crippen LogP contribution in [-0.2, 0) is 5.75 Å². The lowest BCUT2D eigenvalue weighted by molar-refractivity contribution is -0.384. The first-order chi connectivity index (χ1) is 13.6. The average molecular weight is 408 g/mol. The van der Waals surface area contributed by atoms with Gasteiger partial charge in [0.2, 0.25) is 0 Å². The van der Waals surface area contributed by atoms with E-state index in [0.29, 0.717) is 15.9 Å². The van der Waals surface area contributed by atoms with Crippen molar-refractivity contribution in [2.75, 3.05) is 0 Å². The van der Waals surface area contributed by atoms with Crippen molar-refractivity contribution in [2.45, 2.75) is 10.9 Å². The van der Waals surface area contributed by atoms with Gasteiger partial charge in [-0.05, 0) is 23.8 Å². The molecule has 0 radical (unpaired) electrons. The highest BCUT2D eigenvalue weighted by molar-refractivity contribution is 7.98. The topological polar surface area (TPSA) is 68.9 Å². The zero-order valence-electron chi connectivity index (χ0n) is 14.6. The molecule has 0 unspecified atom stereocenters. The van der Waals surface area contributed by atoms with Crippen LogP contribution in [0.1, 0.15) is 5.56 Å². The molecule has 4 rings (SSSR count). The van der Waals surface area contributed by atoms with Gasteiger partial charge in [-0.2, -0.15) is 0 Å². The second-order valence-electron chi connectivity index (χ2n) is 6.09. The quantitative estimate of drug-likeness (QED) is 0.172. The van der Waals surface area contributed by atoms with E-state index < -0.39 is 4.92 Å². The Morgan fingerprint density at radius 2 is 1.71 bits per heavy atom. The van der Waals surface area contributed by atoms with Gasteiger partial charge < -0.3 is 0 Å². The molecule has 0 saturated heterocycles. The van der Waals surface area contributed by atoms with Crippen LogP contribution in [0.5, 0.6) is 0 Å². The minimum Gasteiger partial charge on any atom is -0.258 e. The van der Waals surface area contributed by atoms with E-state index in [2.05, 4.69) is 4.98 Å². The number of hydrogen-bond acceptors (Lipinski definition) is 5. The Labute approximate surface area is 170 Å². The Balaban J connectivity index is 1.67. The molecule has 0 atom stereocenters. The number of thioether (sulfide) groups is 1. The summed E-state index contributed by atoms with van der Waals surface area (Å²) in [6, 6.07) is 22.0. The highest BCUT2D eigenvalue weighted by atomic mass is 35.5. The van der Waals surface area contributed by atoms with Crippen molar-refractivity contribution in [3.05, 3.63) is 93.5 Å². The summed E-state index contributed by atoms with van der Waals surface area (Å²) < 4.78 is 0. The van der Waals surface area contributed by atoms with Gasteiger partial charge >= 0.3 is 0 Å². The number of benzene rings is 3. The molecule has 5 nitrogen and oxygen atoms in total. The van der Waals surface area contributed by atoms with Crippen LogP contribution in [0.2, 0.25) is 5.02 Å². The van der Waals surface area contributed by atoms with Crippen molar-refractivity contribution < 1.29 is 4.92 Å². The first-order valence-electron chi connectivity index (χ1n) is 8.49. The fourth-order valence-corrected chi connectivity index (χ4v) is 3.80. The van der Waals surface area contributed by atoms with Crippen LogP contribution in [0, 0.1) is 10.1 Å². The Hall–Kier alpha value is -2.96. The molecule has 7 heteroatoms. The van der Waals surface area contributed by atoms with Gasteiger partial charge in [-0.1, -0.05) is 65.8 Å². The van der Waals surface area contributed by atoms with Crippen molar-refractivity contribution >= 4 is 40.0 Å². The van der Waals surface area contributed by atoms with Gasteiger partial charge in [0.1, 0.15) is 0 Å². The molecule has 1 aromatic heterocycles. The standard InChI is InChI=1S/C21H14ClN3O2S/c22-16-8-11-19-18(12-16)20(15-4-2-1-3-5-15)24-21(23-19)28-13-14-6-9-17(10-7-14)25(26)27/h1-12H,13H2. The van der Waals surface area contributed by atoms with Crippen LogP contribution < -0.4 is 0 Å². The van der Waals surface area contributed by atoms with Crippen molar-refractivity contribution in [1.29, 1.82) is 0 Å². The third kappa shape index (κ3) is 3.98. The molecule has 0 N–H and O–H groups in total. The molecule has 28 heavy (non-hydrogen) atoms. The number of nitro groups is 1. The maximum atomic E-state index is 10.8. The third-order valence-corrected chi connectivity index (χ3v) is 5.35. The summed E-state index contributed by atoms with van der Waals surface area (Å²) in [7, 11) is 0. The van der Waals surface area contributed by atoms with E-state index in [1.807, 2.05) is 48.5 Å². The Morgan fingerprint density at radius 1 is 0.964 bits per heavy atom. The average Bonchev–Trinajstić information content (AvgIpc) is 2.72. The Kier molecular flexibility index (Phi) is 5.23. The van der Waals surface area contributed by atoms with Gasteiger partial charge in [-0.3, -0.25) is 10.1 Å². The van der Waals surface area contributed by atoms with E-state index in [0.717, 1.165) is 27.7 Å². The predicted octanol–water partition coefficient (Wildman–Crippen LogP) is 6.15. The number of non-ortho nitro benzene ring substituents is 1. The fourth-order valence-electron chi connectivity index (χ4n) is 2.82. The lowest BCUT2D eigenvalue weighted by atomic mass is 10.1. The van der Waals surface area contributed by atoms with E-state index in [9.17, 15) is 10.1 Å². The smallest absolute Gasteiger partial charge is 0.258 e. The zero-order chi connectivity index (χ0) is 19.5. The zero-order valence-corrected chi connectivity index (χ0v) is 16.2. The van der Waals surface area contributed by atoms with Gasteiger partial charge in [0.15, 0.2) is 5.16 Å². The van der Waals surface area contributed by atoms with Crippen LogP contribution in [-0.4, -0.2) is 14.9 Å². The van der Waals surface area contributed by atoms with E-state index in [1.165, 1.54) is 23.9 Å². The van der Waals surface area contributed by atoms with Crippen LogP contribution in [0.15, 0.2) is 78.0 Å². The van der Waals surface area contributed by atoms with Gasteiger partial charge in [0.05, 0.1) is 16.1 Å².